The average molecular weight is 272 g/mol. The first-order valence-electron chi connectivity index (χ1n) is 8.16. The highest BCUT2D eigenvalue weighted by atomic mass is 14.1. The van der Waals surface area contributed by atoms with Crippen LogP contribution >= 0.6 is 0 Å². The van der Waals surface area contributed by atoms with Crippen molar-refractivity contribution in [2.75, 3.05) is 0 Å². The first kappa shape index (κ1) is 17.0. The maximum atomic E-state index is 2.43. The van der Waals surface area contributed by atoms with Gasteiger partial charge in [0.25, 0.3) is 0 Å². The largest absolute Gasteiger partial charge is 0.0853 e. The molecule has 0 unspecified atom stereocenters. The molecule has 0 spiro atoms. The quantitative estimate of drug-likeness (QED) is 0.462. The van der Waals surface area contributed by atoms with E-state index in [2.05, 4.69) is 58.9 Å². The van der Waals surface area contributed by atoms with Crippen molar-refractivity contribution in [3.8, 4) is 0 Å². The van der Waals surface area contributed by atoms with Crippen molar-refractivity contribution in [1.29, 1.82) is 0 Å². The van der Waals surface area contributed by atoms with Crippen molar-refractivity contribution in [3.05, 3.63) is 46.6 Å². The number of hydrogen-bond acceptors (Lipinski definition) is 0. The molecule has 0 aromatic rings. The summed E-state index contributed by atoms with van der Waals surface area (Å²) in [6.45, 7) is 11.4. The van der Waals surface area contributed by atoms with E-state index < -0.39 is 0 Å². The van der Waals surface area contributed by atoms with E-state index in [0.29, 0.717) is 5.92 Å². The Labute approximate surface area is 126 Å². The summed E-state index contributed by atoms with van der Waals surface area (Å²) in [6, 6.07) is 0. The molecule has 0 bridgehead atoms. The molecule has 1 aliphatic rings. The molecule has 0 amide bonds. The fourth-order valence-electron chi connectivity index (χ4n) is 2.54. The number of allylic oxidation sites excluding steroid dienone is 8. The first-order chi connectivity index (χ1) is 9.49. The third-order valence-electron chi connectivity index (χ3n) is 4.19. The number of rotatable bonds is 1. The Kier molecular flexibility index (Phi) is 7.65. The lowest BCUT2D eigenvalue weighted by Crippen LogP contribution is -1.95. The van der Waals surface area contributed by atoms with Crippen LogP contribution in [0.25, 0.3) is 0 Å². The summed E-state index contributed by atoms with van der Waals surface area (Å²) in [7, 11) is 0. The SMILES string of the molecule is C/C1=C/CC/C(C)=C/C=C(/C(C)C)CC/C(C)=C\CC1. The summed E-state index contributed by atoms with van der Waals surface area (Å²) in [5.41, 5.74) is 6.16. The van der Waals surface area contributed by atoms with Crippen LogP contribution < -0.4 is 0 Å². The third-order valence-corrected chi connectivity index (χ3v) is 4.19. The molecule has 0 heteroatoms. The van der Waals surface area contributed by atoms with Gasteiger partial charge in [0.15, 0.2) is 0 Å². The minimum absolute atomic E-state index is 0.655. The smallest absolute Gasteiger partial charge is 0.0257 e. The predicted molar refractivity (Wildman–Crippen MR) is 91.9 cm³/mol. The highest BCUT2D eigenvalue weighted by molar-refractivity contribution is 5.20. The lowest BCUT2D eigenvalue weighted by Gasteiger charge is -2.12. The first-order valence-corrected chi connectivity index (χ1v) is 8.16. The Hall–Kier alpha value is -1.04. The van der Waals surface area contributed by atoms with Gasteiger partial charge in [0.05, 0.1) is 0 Å². The van der Waals surface area contributed by atoms with Crippen LogP contribution in [0, 0.1) is 5.92 Å². The molecule has 0 aromatic heterocycles. The molecule has 0 aromatic carbocycles. The van der Waals surface area contributed by atoms with Crippen LogP contribution in [0.4, 0.5) is 0 Å². The summed E-state index contributed by atoms with van der Waals surface area (Å²) >= 11 is 0. The van der Waals surface area contributed by atoms with E-state index in [4.69, 9.17) is 0 Å². The fourth-order valence-corrected chi connectivity index (χ4v) is 2.54. The lowest BCUT2D eigenvalue weighted by atomic mass is 9.94. The Bertz CT molecular complexity index is 413. The third kappa shape index (κ3) is 6.93. The van der Waals surface area contributed by atoms with Crippen LogP contribution in [0.2, 0.25) is 0 Å². The summed E-state index contributed by atoms with van der Waals surface area (Å²) in [6.07, 6.45) is 16.8. The Morgan fingerprint density at radius 3 is 1.85 bits per heavy atom. The maximum Gasteiger partial charge on any atom is -0.0257 e. The van der Waals surface area contributed by atoms with E-state index in [9.17, 15) is 0 Å². The standard InChI is InChI=1S/C20H32/c1-16(2)20-14-12-18(4)10-6-8-17(3)9-7-11-19(5)13-15-20/h8,11-12,14,16H,6-7,9-10,13,15H2,1-5H3/b17-8-,18-12+,19-11-,20-14+. The van der Waals surface area contributed by atoms with Crippen LogP contribution in [-0.2, 0) is 0 Å². The van der Waals surface area contributed by atoms with Gasteiger partial charge in [-0.1, -0.05) is 60.4 Å². The summed E-state index contributed by atoms with van der Waals surface area (Å²) < 4.78 is 0. The van der Waals surface area contributed by atoms with Crippen LogP contribution in [-0.4, -0.2) is 0 Å². The molecule has 0 N–H and O–H groups in total. The van der Waals surface area contributed by atoms with Gasteiger partial charge < -0.3 is 0 Å². The van der Waals surface area contributed by atoms with E-state index in [1.54, 1.807) is 11.1 Å². The summed E-state index contributed by atoms with van der Waals surface area (Å²) in [5.74, 6) is 0.655. The van der Waals surface area contributed by atoms with Crippen LogP contribution in [0.15, 0.2) is 46.6 Å². The van der Waals surface area contributed by atoms with E-state index in [1.165, 1.54) is 49.7 Å². The topological polar surface area (TPSA) is 0 Å². The molecule has 1 aliphatic carbocycles. The predicted octanol–water partition coefficient (Wildman–Crippen LogP) is 6.76. The minimum Gasteiger partial charge on any atom is -0.0853 e. The van der Waals surface area contributed by atoms with Crippen molar-refractivity contribution in [2.24, 2.45) is 5.92 Å². The molecule has 20 heavy (non-hydrogen) atoms. The molecule has 112 valence electrons. The molecule has 0 aliphatic heterocycles. The summed E-state index contributed by atoms with van der Waals surface area (Å²) in [5, 5.41) is 0. The lowest BCUT2D eigenvalue weighted by molar-refractivity contribution is 0.706. The second kappa shape index (κ2) is 9.00. The van der Waals surface area contributed by atoms with Gasteiger partial charge in [0, 0.05) is 0 Å². The molecule has 0 atom stereocenters. The second-order valence-electron chi connectivity index (χ2n) is 6.59. The Balaban J connectivity index is 2.87. The highest BCUT2D eigenvalue weighted by Gasteiger charge is 2.03. The zero-order valence-electron chi connectivity index (χ0n) is 14.1. The molecule has 1 rings (SSSR count). The van der Waals surface area contributed by atoms with Gasteiger partial charge in [-0.25, -0.2) is 0 Å². The van der Waals surface area contributed by atoms with Crippen LogP contribution in [0.5, 0.6) is 0 Å². The molecule has 0 heterocycles. The van der Waals surface area contributed by atoms with Crippen molar-refractivity contribution in [1.82, 2.24) is 0 Å². The van der Waals surface area contributed by atoms with Gasteiger partial charge >= 0.3 is 0 Å². The molecule has 0 nitrogen and oxygen atoms in total. The second-order valence-corrected chi connectivity index (χ2v) is 6.59. The van der Waals surface area contributed by atoms with Gasteiger partial charge in [-0.3, -0.25) is 0 Å². The maximum absolute atomic E-state index is 2.43. The van der Waals surface area contributed by atoms with Gasteiger partial charge in [-0.15, -0.1) is 0 Å². The van der Waals surface area contributed by atoms with E-state index in [0.717, 1.165) is 0 Å². The number of hydrogen-bond donors (Lipinski definition) is 0. The van der Waals surface area contributed by atoms with Crippen molar-refractivity contribution in [2.45, 2.75) is 73.1 Å². The van der Waals surface area contributed by atoms with E-state index in [-0.39, 0.29) is 0 Å². The zero-order valence-corrected chi connectivity index (χ0v) is 14.1. The Morgan fingerprint density at radius 2 is 1.25 bits per heavy atom. The summed E-state index contributed by atoms with van der Waals surface area (Å²) in [4.78, 5) is 0. The molecular weight excluding hydrogens is 240 g/mol. The van der Waals surface area contributed by atoms with Gasteiger partial charge in [0.1, 0.15) is 0 Å². The molecular formula is C20H32. The monoisotopic (exact) mass is 272 g/mol. The normalized spacial score (nSPS) is 30.1. The van der Waals surface area contributed by atoms with Gasteiger partial charge in [0.2, 0.25) is 0 Å². The highest BCUT2D eigenvalue weighted by Crippen LogP contribution is 2.21. The fraction of sp³-hybridized carbons (Fsp3) is 0.600. The van der Waals surface area contributed by atoms with E-state index in [1.807, 2.05) is 0 Å². The van der Waals surface area contributed by atoms with E-state index >= 15 is 0 Å². The average Bonchev–Trinajstić information content (AvgIpc) is 2.37. The molecule has 0 fully saturated rings. The van der Waals surface area contributed by atoms with Crippen LogP contribution in [0.1, 0.15) is 73.1 Å². The van der Waals surface area contributed by atoms with Gasteiger partial charge in [-0.05, 0) is 65.2 Å². The van der Waals surface area contributed by atoms with Crippen molar-refractivity contribution >= 4 is 0 Å². The van der Waals surface area contributed by atoms with Crippen LogP contribution in [0.3, 0.4) is 0 Å². The minimum atomic E-state index is 0.655. The molecule has 0 radical (unpaired) electrons. The van der Waals surface area contributed by atoms with Crippen molar-refractivity contribution < 1.29 is 0 Å². The Morgan fingerprint density at radius 1 is 0.700 bits per heavy atom. The van der Waals surface area contributed by atoms with Crippen molar-refractivity contribution in [3.63, 3.8) is 0 Å². The zero-order chi connectivity index (χ0) is 15.0. The molecule has 0 saturated heterocycles. The van der Waals surface area contributed by atoms with Gasteiger partial charge in [-0.2, -0.15) is 0 Å². The molecule has 0 saturated carbocycles.